The number of hydrogen-bond acceptors (Lipinski definition) is 4. The highest BCUT2D eigenvalue weighted by Gasteiger charge is 2.29. The second-order valence-electron chi connectivity index (χ2n) is 7.14. The zero-order valence-corrected chi connectivity index (χ0v) is 16.0. The highest BCUT2D eigenvalue weighted by molar-refractivity contribution is 6.07. The smallest absolute Gasteiger partial charge is 0.259 e. The molecule has 1 fully saturated rings. The van der Waals surface area contributed by atoms with Crippen LogP contribution in [-0.2, 0) is 0 Å². The molecule has 1 atom stereocenters. The minimum Gasteiger partial charge on any atom is -0.315 e. The summed E-state index contributed by atoms with van der Waals surface area (Å²) in [6, 6.07) is 15.7. The maximum Gasteiger partial charge on any atom is 0.259 e. The summed E-state index contributed by atoms with van der Waals surface area (Å²) < 4.78 is 0. The molecule has 0 unspecified atom stereocenters. The van der Waals surface area contributed by atoms with Gasteiger partial charge in [0.2, 0.25) is 0 Å². The van der Waals surface area contributed by atoms with E-state index in [9.17, 15) is 4.79 Å². The van der Waals surface area contributed by atoms with Gasteiger partial charge in [0, 0.05) is 36.3 Å². The molecule has 1 aromatic carbocycles. The fraction of sp³-hybridized carbons (Fsp3) is 0.261. The Bertz CT molecular complexity index is 952. The number of anilines is 1. The fourth-order valence-corrected chi connectivity index (χ4v) is 3.72. The number of hydrogen-bond donors (Lipinski definition) is 1. The summed E-state index contributed by atoms with van der Waals surface area (Å²) in [7, 11) is 0. The minimum absolute atomic E-state index is 0.0127. The number of carbonyl (C=O) groups is 1. The number of aryl methyl sites for hydroxylation is 1. The molecule has 3 heterocycles. The van der Waals surface area contributed by atoms with Crippen LogP contribution in [0.2, 0.25) is 0 Å². The van der Waals surface area contributed by atoms with Crippen LogP contribution in [0.25, 0.3) is 11.1 Å². The molecule has 28 heavy (non-hydrogen) atoms. The SMILES string of the molecule is Cc1cccnc1N(C(=O)c1cccc(-c2cccnc2)c1)[C@@H]1CCCNC1. The molecule has 0 aliphatic carbocycles. The molecule has 0 radical (unpaired) electrons. The molecule has 1 saturated heterocycles. The molecular formula is C23H24N4O. The van der Waals surface area contributed by atoms with E-state index in [1.54, 1.807) is 12.4 Å². The monoisotopic (exact) mass is 372 g/mol. The summed E-state index contributed by atoms with van der Waals surface area (Å²) in [5.41, 5.74) is 3.65. The van der Waals surface area contributed by atoms with E-state index in [1.807, 2.05) is 66.6 Å². The Morgan fingerprint density at radius 3 is 2.71 bits per heavy atom. The van der Waals surface area contributed by atoms with Crippen LogP contribution in [-0.4, -0.2) is 35.0 Å². The molecule has 3 aromatic rings. The zero-order chi connectivity index (χ0) is 19.3. The molecule has 1 N–H and O–H groups in total. The molecule has 142 valence electrons. The second-order valence-corrected chi connectivity index (χ2v) is 7.14. The molecule has 0 spiro atoms. The van der Waals surface area contributed by atoms with Gasteiger partial charge in [0.15, 0.2) is 0 Å². The molecule has 1 aliphatic rings. The average Bonchev–Trinajstić information content (AvgIpc) is 2.77. The Hall–Kier alpha value is -3.05. The van der Waals surface area contributed by atoms with Crippen molar-refractivity contribution in [2.75, 3.05) is 18.0 Å². The number of carbonyl (C=O) groups excluding carboxylic acids is 1. The highest BCUT2D eigenvalue weighted by Crippen LogP contribution is 2.26. The van der Waals surface area contributed by atoms with E-state index in [1.165, 1.54) is 0 Å². The van der Waals surface area contributed by atoms with Crippen LogP contribution in [0.15, 0.2) is 67.1 Å². The summed E-state index contributed by atoms with van der Waals surface area (Å²) in [5, 5.41) is 3.42. The standard InChI is InChI=1S/C23H24N4O/c1-17-6-3-13-26-22(17)27(21-10-5-12-25-16-21)23(28)19-8-2-7-18(14-19)20-9-4-11-24-15-20/h2-4,6-9,11,13-15,21,25H,5,10,12,16H2,1H3/t21-/m1/s1. The van der Waals surface area contributed by atoms with Gasteiger partial charge >= 0.3 is 0 Å². The number of nitrogens with zero attached hydrogens (tertiary/aromatic N) is 3. The van der Waals surface area contributed by atoms with E-state index < -0.39 is 0 Å². The summed E-state index contributed by atoms with van der Waals surface area (Å²) in [6.07, 6.45) is 7.34. The van der Waals surface area contributed by atoms with Gasteiger partial charge in [-0.2, -0.15) is 0 Å². The van der Waals surface area contributed by atoms with E-state index in [0.29, 0.717) is 5.56 Å². The van der Waals surface area contributed by atoms with Gasteiger partial charge in [-0.05, 0) is 61.7 Å². The molecular weight excluding hydrogens is 348 g/mol. The minimum atomic E-state index is -0.0127. The third kappa shape index (κ3) is 3.80. The molecule has 1 amide bonds. The number of aromatic nitrogens is 2. The van der Waals surface area contributed by atoms with E-state index in [-0.39, 0.29) is 11.9 Å². The summed E-state index contributed by atoms with van der Waals surface area (Å²) in [6.45, 7) is 3.78. The first kappa shape index (κ1) is 18.3. The third-order valence-electron chi connectivity index (χ3n) is 5.17. The molecule has 5 heteroatoms. The lowest BCUT2D eigenvalue weighted by molar-refractivity contribution is 0.0971. The maximum atomic E-state index is 13.6. The van der Waals surface area contributed by atoms with Crippen LogP contribution >= 0.6 is 0 Å². The fourth-order valence-electron chi connectivity index (χ4n) is 3.72. The lowest BCUT2D eigenvalue weighted by Crippen LogP contribution is -2.49. The van der Waals surface area contributed by atoms with Crippen molar-refractivity contribution >= 4 is 11.7 Å². The van der Waals surface area contributed by atoms with Gasteiger partial charge < -0.3 is 5.32 Å². The number of benzene rings is 1. The lowest BCUT2D eigenvalue weighted by atomic mass is 10.0. The Balaban J connectivity index is 1.72. The lowest BCUT2D eigenvalue weighted by Gasteiger charge is -2.34. The molecule has 0 saturated carbocycles. The second kappa shape index (κ2) is 8.31. The first-order chi connectivity index (χ1) is 13.7. The largest absolute Gasteiger partial charge is 0.315 e. The van der Waals surface area contributed by atoms with Crippen LogP contribution in [0.1, 0.15) is 28.8 Å². The van der Waals surface area contributed by atoms with Gasteiger partial charge in [-0.15, -0.1) is 0 Å². The summed E-state index contributed by atoms with van der Waals surface area (Å²) in [5.74, 6) is 0.731. The molecule has 4 rings (SSSR count). The maximum absolute atomic E-state index is 13.6. The van der Waals surface area contributed by atoms with Gasteiger partial charge in [0.1, 0.15) is 5.82 Å². The van der Waals surface area contributed by atoms with Crippen LogP contribution in [0, 0.1) is 6.92 Å². The normalized spacial score (nSPS) is 16.5. The van der Waals surface area contributed by atoms with Crippen molar-refractivity contribution in [2.24, 2.45) is 0 Å². The van der Waals surface area contributed by atoms with E-state index in [0.717, 1.165) is 48.4 Å². The molecule has 1 aliphatic heterocycles. The van der Waals surface area contributed by atoms with Crippen molar-refractivity contribution in [1.82, 2.24) is 15.3 Å². The van der Waals surface area contributed by atoms with Crippen molar-refractivity contribution in [3.05, 3.63) is 78.2 Å². The number of nitrogens with one attached hydrogen (secondary N) is 1. The highest BCUT2D eigenvalue weighted by atomic mass is 16.2. The first-order valence-corrected chi connectivity index (χ1v) is 9.70. The number of amides is 1. The quantitative estimate of drug-likeness (QED) is 0.756. The number of rotatable bonds is 4. The summed E-state index contributed by atoms with van der Waals surface area (Å²) >= 11 is 0. The van der Waals surface area contributed by atoms with Gasteiger partial charge in [-0.25, -0.2) is 4.98 Å². The van der Waals surface area contributed by atoms with E-state index >= 15 is 0 Å². The predicted molar refractivity (Wildman–Crippen MR) is 111 cm³/mol. The number of piperidine rings is 1. The molecule has 0 bridgehead atoms. The van der Waals surface area contributed by atoms with E-state index in [2.05, 4.69) is 15.3 Å². The van der Waals surface area contributed by atoms with Crippen LogP contribution in [0.4, 0.5) is 5.82 Å². The van der Waals surface area contributed by atoms with Crippen molar-refractivity contribution in [1.29, 1.82) is 0 Å². The number of pyridine rings is 2. The van der Waals surface area contributed by atoms with Crippen LogP contribution in [0.5, 0.6) is 0 Å². The molecule has 2 aromatic heterocycles. The van der Waals surface area contributed by atoms with Crippen LogP contribution in [0.3, 0.4) is 0 Å². The van der Waals surface area contributed by atoms with E-state index in [4.69, 9.17) is 0 Å². The topological polar surface area (TPSA) is 58.1 Å². The van der Waals surface area contributed by atoms with Gasteiger partial charge in [-0.3, -0.25) is 14.7 Å². The summed E-state index contributed by atoms with van der Waals surface area (Å²) in [4.78, 5) is 24.2. The average molecular weight is 372 g/mol. The van der Waals surface area contributed by atoms with Gasteiger partial charge in [-0.1, -0.05) is 24.3 Å². The van der Waals surface area contributed by atoms with Crippen molar-refractivity contribution in [3.63, 3.8) is 0 Å². The Kier molecular flexibility index (Phi) is 5.44. The Morgan fingerprint density at radius 2 is 1.96 bits per heavy atom. The third-order valence-corrected chi connectivity index (χ3v) is 5.17. The van der Waals surface area contributed by atoms with Crippen molar-refractivity contribution in [3.8, 4) is 11.1 Å². The molecule has 5 nitrogen and oxygen atoms in total. The van der Waals surface area contributed by atoms with Gasteiger partial charge in [0.05, 0.1) is 6.04 Å². The van der Waals surface area contributed by atoms with Crippen molar-refractivity contribution in [2.45, 2.75) is 25.8 Å². The van der Waals surface area contributed by atoms with Crippen molar-refractivity contribution < 1.29 is 4.79 Å². The first-order valence-electron chi connectivity index (χ1n) is 9.70. The Labute approximate surface area is 165 Å². The zero-order valence-electron chi connectivity index (χ0n) is 16.0. The van der Waals surface area contributed by atoms with Crippen LogP contribution < -0.4 is 10.2 Å². The predicted octanol–water partition coefficient (Wildman–Crippen LogP) is 3.85. The van der Waals surface area contributed by atoms with Gasteiger partial charge in [0.25, 0.3) is 5.91 Å². The Morgan fingerprint density at radius 1 is 1.11 bits per heavy atom.